The van der Waals surface area contributed by atoms with Gasteiger partial charge in [0.1, 0.15) is 5.82 Å². The first kappa shape index (κ1) is 18.8. The average Bonchev–Trinajstić information content (AvgIpc) is 3.39. The molecule has 1 aliphatic heterocycles. The van der Waals surface area contributed by atoms with Crippen molar-refractivity contribution in [3.8, 4) is 0 Å². The molecule has 1 heterocycles. The van der Waals surface area contributed by atoms with E-state index in [1.807, 2.05) is 17.0 Å². The second-order valence-corrected chi connectivity index (χ2v) is 7.46. The summed E-state index contributed by atoms with van der Waals surface area (Å²) < 4.78 is 13.8. The minimum atomic E-state index is -0.176. The van der Waals surface area contributed by atoms with Crippen molar-refractivity contribution in [2.75, 3.05) is 32.7 Å². The van der Waals surface area contributed by atoms with E-state index in [2.05, 4.69) is 17.1 Å². The number of nitrogens with zero attached hydrogens (tertiary/aromatic N) is 2. The van der Waals surface area contributed by atoms with E-state index >= 15 is 0 Å². The monoisotopic (exact) mass is 361 g/mol. The smallest absolute Gasteiger partial charge is 0.224 e. The normalized spacial score (nSPS) is 23.4. The molecule has 26 heavy (non-hydrogen) atoms. The minimum Gasteiger partial charge on any atom is -0.355 e. The molecule has 1 saturated heterocycles. The van der Waals surface area contributed by atoms with Crippen LogP contribution in [-0.2, 0) is 16.1 Å². The predicted molar refractivity (Wildman–Crippen MR) is 97.8 cm³/mol. The van der Waals surface area contributed by atoms with Gasteiger partial charge >= 0.3 is 0 Å². The Balaban J connectivity index is 1.40. The van der Waals surface area contributed by atoms with Gasteiger partial charge in [0.05, 0.1) is 0 Å². The summed E-state index contributed by atoms with van der Waals surface area (Å²) in [4.78, 5) is 28.3. The van der Waals surface area contributed by atoms with Crippen molar-refractivity contribution in [1.82, 2.24) is 15.1 Å². The summed E-state index contributed by atoms with van der Waals surface area (Å²) in [5.41, 5.74) is 0.698. The number of carbonyl (C=O) groups excluding carboxylic acids is 2. The first-order valence-corrected chi connectivity index (χ1v) is 9.56. The topological polar surface area (TPSA) is 52.7 Å². The summed E-state index contributed by atoms with van der Waals surface area (Å²) in [6.45, 7) is 6.03. The van der Waals surface area contributed by atoms with Crippen LogP contribution in [0.3, 0.4) is 0 Å². The molecule has 1 aromatic rings. The number of carbonyl (C=O) groups is 2. The van der Waals surface area contributed by atoms with Gasteiger partial charge in [-0.15, -0.1) is 0 Å². The van der Waals surface area contributed by atoms with Gasteiger partial charge in [0, 0.05) is 57.2 Å². The molecule has 3 rings (SSSR count). The Morgan fingerprint density at radius 3 is 2.69 bits per heavy atom. The summed E-state index contributed by atoms with van der Waals surface area (Å²) in [5, 5.41) is 2.87. The van der Waals surface area contributed by atoms with Crippen molar-refractivity contribution in [3.63, 3.8) is 0 Å². The van der Waals surface area contributed by atoms with Crippen LogP contribution in [0.2, 0.25) is 0 Å². The minimum absolute atomic E-state index is 0.0808. The van der Waals surface area contributed by atoms with Gasteiger partial charge in [-0.2, -0.15) is 0 Å². The zero-order valence-corrected chi connectivity index (χ0v) is 15.4. The molecular formula is C20H28FN3O2. The highest BCUT2D eigenvalue weighted by Gasteiger charge is 2.38. The molecule has 0 radical (unpaired) electrons. The first-order valence-electron chi connectivity index (χ1n) is 9.56. The summed E-state index contributed by atoms with van der Waals surface area (Å²) in [7, 11) is 0. The Kier molecular flexibility index (Phi) is 6.25. The fraction of sp³-hybridized carbons (Fsp3) is 0.600. The van der Waals surface area contributed by atoms with Crippen LogP contribution in [0, 0.1) is 17.7 Å². The SMILES string of the molecule is C[C@H]1C[C@H]1C(=O)NCCC(=O)N1CCCN(Cc2ccccc2F)CC1. The van der Waals surface area contributed by atoms with Gasteiger partial charge in [0.2, 0.25) is 11.8 Å². The van der Waals surface area contributed by atoms with Crippen LogP contribution < -0.4 is 5.32 Å². The third kappa shape index (κ3) is 5.04. The Labute approximate surface area is 154 Å². The second kappa shape index (κ2) is 8.62. The highest BCUT2D eigenvalue weighted by Crippen LogP contribution is 2.37. The molecule has 142 valence electrons. The molecule has 1 saturated carbocycles. The van der Waals surface area contributed by atoms with Gasteiger partial charge in [0.15, 0.2) is 0 Å². The Hall–Kier alpha value is -1.95. The first-order chi connectivity index (χ1) is 12.5. The highest BCUT2D eigenvalue weighted by atomic mass is 19.1. The molecule has 1 aromatic carbocycles. The Morgan fingerprint density at radius 1 is 1.19 bits per heavy atom. The van der Waals surface area contributed by atoms with E-state index in [9.17, 15) is 14.0 Å². The van der Waals surface area contributed by atoms with Crippen LogP contribution in [0.1, 0.15) is 31.7 Å². The Bertz CT molecular complexity index is 652. The molecule has 0 bridgehead atoms. The van der Waals surface area contributed by atoms with E-state index in [1.54, 1.807) is 6.07 Å². The molecule has 1 N–H and O–H groups in total. The predicted octanol–water partition coefficient (Wildman–Crippen LogP) is 2.02. The van der Waals surface area contributed by atoms with Crippen molar-refractivity contribution >= 4 is 11.8 Å². The zero-order chi connectivity index (χ0) is 18.5. The van der Waals surface area contributed by atoms with Crippen molar-refractivity contribution < 1.29 is 14.0 Å². The van der Waals surface area contributed by atoms with Crippen molar-refractivity contribution in [3.05, 3.63) is 35.6 Å². The third-order valence-electron chi connectivity index (χ3n) is 5.38. The number of benzene rings is 1. The van der Waals surface area contributed by atoms with Gasteiger partial charge in [-0.3, -0.25) is 14.5 Å². The fourth-order valence-corrected chi connectivity index (χ4v) is 3.52. The molecule has 0 aromatic heterocycles. The van der Waals surface area contributed by atoms with Crippen LogP contribution in [0.4, 0.5) is 4.39 Å². The number of hydrogen-bond acceptors (Lipinski definition) is 3. The average molecular weight is 361 g/mol. The molecule has 1 aliphatic carbocycles. The maximum absolute atomic E-state index is 13.8. The fourth-order valence-electron chi connectivity index (χ4n) is 3.52. The number of halogens is 1. The van der Waals surface area contributed by atoms with Gasteiger partial charge < -0.3 is 10.2 Å². The van der Waals surface area contributed by atoms with Crippen LogP contribution in [-0.4, -0.2) is 54.3 Å². The molecule has 6 heteroatoms. The standard InChI is InChI=1S/C20H28FN3O2/c1-15-13-17(15)20(26)22-8-7-19(25)24-10-4-9-23(11-12-24)14-16-5-2-3-6-18(16)21/h2-3,5-6,15,17H,4,7-14H2,1H3,(H,22,26)/t15-,17+/m0/s1. The molecule has 2 aliphatic rings. The molecule has 5 nitrogen and oxygen atoms in total. The maximum atomic E-state index is 13.8. The van der Waals surface area contributed by atoms with Gasteiger partial charge in [0.25, 0.3) is 0 Å². The molecule has 2 atom stereocenters. The van der Waals surface area contributed by atoms with Gasteiger partial charge in [-0.1, -0.05) is 25.1 Å². The Morgan fingerprint density at radius 2 is 1.96 bits per heavy atom. The number of amides is 2. The van der Waals surface area contributed by atoms with Crippen molar-refractivity contribution in [2.45, 2.75) is 32.7 Å². The molecule has 0 spiro atoms. The molecule has 2 amide bonds. The molecule has 0 unspecified atom stereocenters. The zero-order valence-electron chi connectivity index (χ0n) is 15.4. The number of hydrogen-bond donors (Lipinski definition) is 1. The van der Waals surface area contributed by atoms with Gasteiger partial charge in [-0.25, -0.2) is 4.39 Å². The summed E-state index contributed by atoms with van der Waals surface area (Å²) in [6, 6.07) is 6.85. The number of nitrogens with one attached hydrogen (secondary N) is 1. The van der Waals surface area contributed by atoms with E-state index in [0.717, 1.165) is 32.5 Å². The van der Waals surface area contributed by atoms with E-state index in [1.165, 1.54) is 6.07 Å². The number of rotatable bonds is 6. The van der Waals surface area contributed by atoms with E-state index < -0.39 is 0 Å². The second-order valence-electron chi connectivity index (χ2n) is 7.46. The highest BCUT2D eigenvalue weighted by molar-refractivity contribution is 5.82. The largest absolute Gasteiger partial charge is 0.355 e. The van der Waals surface area contributed by atoms with E-state index in [4.69, 9.17) is 0 Å². The van der Waals surface area contributed by atoms with E-state index in [0.29, 0.717) is 37.5 Å². The summed E-state index contributed by atoms with van der Waals surface area (Å²) in [5.74, 6) is 0.622. The third-order valence-corrected chi connectivity index (χ3v) is 5.38. The lowest BCUT2D eigenvalue weighted by Crippen LogP contribution is -2.37. The van der Waals surface area contributed by atoms with Crippen LogP contribution in [0.25, 0.3) is 0 Å². The summed E-state index contributed by atoms with van der Waals surface area (Å²) in [6.07, 6.45) is 2.19. The van der Waals surface area contributed by atoms with Crippen molar-refractivity contribution in [1.29, 1.82) is 0 Å². The lowest BCUT2D eigenvalue weighted by molar-refractivity contribution is -0.131. The van der Waals surface area contributed by atoms with Crippen LogP contribution >= 0.6 is 0 Å². The maximum Gasteiger partial charge on any atom is 0.224 e. The summed E-state index contributed by atoms with van der Waals surface area (Å²) >= 11 is 0. The van der Waals surface area contributed by atoms with Crippen LogP contribution in [0.15, 0.2) is 24.3 Å². The van der Waals surface area contributed by atoms with E-state index in [-0.39, 0.29) is 23.5 Å². The van der Waals surface area contributed by atoms with Crippen LogP contribution in [0.5, 0.6) is 0 Å². The molecular weight excluding hydrogens is 333 g/mol. The lowest BCUT2D eigenvalue weighted by atomic mass is 10.2. The van der Waals surface area contributed by atoms with Gasteiger partial charge in [-0.05, 0) is 24.8 Å². The van der Waals surface area contributed by atoms with Crippen molar-refractivity contribution in [2.24, 2.45) is 11.8 Å². The quantitative estimate of drug-likeness (QED) is 0.843. The molecule has 2 fully saturated rings. The lowest BCUT2D eigenvalue weighted by Gasteiger charge is -2.22.